The number of aliphatic hydroxyl groups is 1. The van der Waals surface area contributed by atoms with Crippen molar-refractivity contribution in [3.63, 3.8) is 0 Å². The number of nitrogens with one attached hydrogen (secondary N) is 1. The molecule has 0 heterocycles. The molecule has 4 nitrogen and oxygen atoms in total. The third-order valence-electron chi connectivity index (χ3n) is 2.84. The summed E-state index contributed by atoms with van der Waals surface area (Å²) in [4.78, 5) is 0.968. The molecule has 0 fully saturated rings. The fourth-order valence-corrected chi connectivity index (χ4v) is 1.95. The quantitative estimate of drug-likeness (QED) is 0.809. The summed E-state index contributed by atoms with van der Waals surface area (Å²) in [5, 5.41) is 21.2. The molecule has 0 aromatic heterocycles. The van der Waals surface area contributed by atoms with Crippen molar-refractivity contribution >= 4 is 5.69 Å². The molecule has 0 saturated carbocycles. The Bertz CT molecular complexity index is 497. The van der Waals surface area contributed by atoms with E-state index in [1.165, 1.54) is 6.07 Å². The molecule has 116 valence electrons. The molecule has 2 N–H and O–H groups in total. The van der Waals surface area contributed by atoms with Crippen molar-refractivity contribution in [2.24, 2.45) is 0 Å². The Morgan fingerprint density at radius 1 is 1.38 bits per heavy atom. The van der Waals surface area contributed by atoms with E-state index in [9.17, 15) is 13.2 Å². The second kappa shape index (κ2) is 7.86. The second-order valence-electron chi connectivity index (χ2n) is 4.50. The topological polar surface area (TPSA) is 59.3 Å². The van der Waals surface area contributed by atoms with Gasteiger partial charge in [0.1, 0.15) is 12.6 Å². The van der Waals surface area contributed by atoms with E-state index in [1.807, 2.05) is 13.0 Å². The number of aliphatic hydroxyl groups excluding tert-OH is 1. The van der Waals surface area contributed by atoms with Gasteiger partial charge in [-0.05, 0) is 24.2 Å². The monoisotopic (exact) mass is 301 g/mol. The summed E-state index contributed by atoms with van der Waals surface area (Å²) in [7, 11) is 0. The van der Waals surface area contributed by atoms with E-state index in [-0.39, 0.29) is 17.8 Å². The molecule has 1 aromatic carbocycles. The molecule has 0 saturated heterocycles. The zero-order valence-electron chi connectivity index (χ0n) is 11.7. The number of hydrogen-bond donors (Lipinski definition) is 2. The number of benzene rings is 1. The molecule has 1 rings (SSSR count). The summed E-state index contributed by atoms with van der Waals surface area (Å²) in [5.74, 6) is 0. The minimum Gasteiger partial charge on any atom is -0.395 e. The van der Waals surface area contributed by atoms with Gasteiger partial charge in [0.05, 0.1) is 17.9 Å². The number of nitrogens with zero attached hydrogens (tertiary/aromatic N) is 2. The van der Waals surface area contributed by atoms with Gasteiger partial charge in [-0.25, -0.2) is 0 Å². The Morgan fingerprint density at radius 3 is 2.62 bits per heavy atom. The van der Waals surface area contributed by atoms with Crippen LogP contribution in [0.1, 0.15) is 18.1 Å². The smallest absolute Gasteiger partial charge is 0.395 e. The highest BCUT2D eigenvalue weighted by Gasteiger charge is 2.31. The molecule has 0 bridgehead atoms. The number of alkyl halides is 3. The maximum atomic E-state index is 12.6. The van der Waals surface area contributed by atoms with Crippen LogP contribution in [0.15, 0.2) is 18.2 Å². The van der Waals surface area contributed by atoms with Crippen molar-refractivity contribution < 1.29 is 18.3 Å². The molecular weight excluding hydrogens is 283 g/mol. The lowest BCUT2D eigenvalue weighted by molar-refractivity contribution is -0.119. The SMILES string of the molecule is CCNCc1ccc(N(CCO)CC(F)(F)F)c(C#N)c1. The van der Waals surface area contributed by atoms with Crippen LogP contribution in [0, 0.1) is 11.3 Å². The highest BCUT2D eigenvalue weighted by Crippen LogP contribution is 2.25. The van der Waals surface area contributed by atoms with Gasteiger partial charge in [-0.1, -0.05) is 13.0 Å². The lowest BCUT2D eigenvalue weighted by Gasteiger charge is -2.26. The summed E-state index contributed by atoms with van der Waals surface area (Å²) in [6.45, 7) is 1.45. The van der Waals surface area contributed by atoms with Crippen LogP contribution in [0.25, 0.3) is 0 Å². The summed E-state index contributed by atoms with van der Waals surface area (Å²) in [6, 6.07) is 6.66. The van der Waals surface area contributed by atoms with Gasteiger partial charge in [-0.15, -0.1) is 0 Å². The molecule has 7 heteroatoms. The van der Waals surface area contributed by atoms with Crippen LogP contribution in [0.2, 0.25) is 0 Å². The third kappa shape index (κ3) is 5.61. The highest BCUT2D eigenvalue weighted by molar-refractivity contribution is 5.60. The minimum absolute atomic E-state index is 0.170. The van der Waals surface area contributed by atoms with Gasteiger partial charge in [0.15, 0.2) is 0 Å². The van der Waals surface area contributed by atoms with Crippen molar-refractivity contribution in [3.8, 4) is 6.07 Å². The van der Waals surface area contributed by atoms with Gasteiger partial charge >= 0.3 is 6.18 Å². The van der Waals surface area contributed by atoms with E-state index in [2.05, 4.69) is 5.32 Å². The maximum absolute atomic E-state index is 12.6. The molecule has 0 unspecified atom stereocenters. The Balaban J connectivity index is 3.05. The predicted molar refractivity (Wildman–Crippen MR) is 73.9 cm³/mol. The van der Waals surface area contributed by atoms with E-state index in [1.54, 1.807) is 12.1 Å². The van der Waals surface area contributed by atoms with Gasteiger partial charge in [0, 0.05) is 13.1 Å². The lowest BCUT2D eigenvalue weighted by atomic mass is 10.1. The van der Waals surface area contributed by atoms with Crippen molar-refractivity contribution in [1.82, 2.24) is 5.32 Å². The molecule has 0 radical (unpaired) electrons. The number of hydrogen-bond acceptors (Lipinski definition) is 4. The Hall–Kier alpha value is -1.78. The van der Waals surface area contributed by atoms with E-state index in [4.69, 9.17) is 10.4 Å². The summed E-state index contributed by atoms with van der Waals surface area (Å²) >= 11 is 0. The van der Waals surface area contributed by atoms with Gasteiger partial charge < -0.3 is 15.3 Å². The number of nitriles is 1. The normalized spacial score (nSPS) is 11.2. The number of anilines is 1. The summed E-state index contributed by atoms with van der Waals surface area (Å²) in [5.41, 5.74) is 1.18. The molecule has 1 aromatic rings. The number of rotatable bonds is 7. The average Bonchev–Trinajstić information content (AvgIpc) is 2.43. The molecule has 0 aliphatic rings. The van der Waals surface area contributed by atoms with E-state index >= 15 is 0 Å². The van der Waals surface area contributed by atoms with Gasteiger partial charge in [-0.3, -0.25) is 0 Å². The molecule has 0 spiro atoms. The first-order chi connectivity index (χ1) is 9.91. The van der Waals surface area contributed by atoms with E-state index in [0.29, 0.717) is 6.54 Å². The standard InChI is InChI=1S/C14H18F3N3O/c1-2-19-9-11-3-4-13(12(7-11)8-18)20(5-6-21)10-14(15,16)17/h3-4,7,19,21H,2,5-6,9-10H2,1H3. The van der Waals surface area contributed by atoms with Crippen LogP contribution < -0.4 is 10.2 Å². The van der Waals surface area contributed by atoms with Crippen molar-refractivity contribution in [2.45, 2.75) is 19.6 Å². The highest BCUT2D eigenvalue weighted by atomic mass is 19.4. The Kier molecular flexibility index (Phi) is 6.46. The summed E-state index contributed by atoms with van der Waals surface area (Å²) < 4.78 is 37.7. The van der Waals surface area contributed by atoms with Crippen LogP contribution in [-0.4, -0.2) is 37.5 Å². The van der Waals surface area contributed by atoms with Crippen molar-refractivity contribution in [2.75, 3.05) is 31.1 Å². The molecular formula is C14H18F3N3O. The third-order valence-corrected chi connectivity index (χ3v) is 2.84. The molecule has 0 aliphatic carbocycles. The lowest BCUT2D eigenvalue weighted by Crippen LogP contribution is -2.36. The maximum Gasteiger partial charge on any atom is 0.405 e. The first-order valence-electron chi connectivity index (χ1n) is 6.57. The second-order valence-corrected chi connectivity index (χ2v) is 4.50. The largest absolute Gasteiger partial charge is 0.405 e. The van der Waals surface area contributed by atoms with Crippen LogP contribution in [-0.2, 0) is 6.54 Å². The molecule has 0 aliphatic heterocycles. The molecule has 21 heavy (non-hydrogen) atoms. The van der Waals surface area contributed by atoms with Crippen LogP contribution in [0.4, 0.5) is 18.9 Å². The Morgan fingerprint density at radius 2 is 2.10 bits per heavy atom. The van der Waals surface area contributed by atoms with E-state index < -0.39 is 19.3 Å². The zero-order chi connectivity index (χ0) is 15.9. The van der Waals surface area contributed by atoms with Gasteiger partial charge in [0.25, 0.3) is 0 Å². The van der Waals surface area contributed by atoms with Crippen LogP contribution in [0.3, 0.4) is 0 Å². The fourth-order valence-electron chi connectivity index (χ4n) is 1.95. The van der Waals surface area contributed by atoms with E-state index in [0.717, 1.165) is 17.0 Å². The summed E-state index contributed by atoms with van der Waals surface area (Å²) in [6.07, 6.45) is -4.40. The number of halogens is 3. The predicted octanol–water partition coefficient (Wildman–Crippen LogP) is 2.03. The van der Waals surface area contributed by atoms with Crippen molar-refractivity contribution in [3.05, 3.63) is 29.3 Å². The Labute approximate surface area is 121 Å². The fraction of sp³-hybridized carbons (Fsp3) is 0.500. The minimum atomic E-state index is -4.40. The molecule has 0 amide bonds. The first kappa shape index (κ1) is 17.3. The zero-order valence-corrected chi connectivity index (χ0v) is 11.7. The first-order valence-corrected chi connectivity index (χ1v) is 6.57. The molecule has 0 atom stereocenters. The average molecular weight is 301 g/mol. The van der Waals surface area contributed by atoms with Gasteiger partial charge in [0.2, 0.25) is 0 Å². The van der Waals surface area contributed by atoms with Gasteiger partial charge in [-0.2, -0.15) is 18.4 Å². The van der Waals surface area contributed by atoms with Crippen molar-refractivity contribution in [1.29, 1.82) is 5.26 Å². The van der Waals surface area contributed by atoms with Crippen LogP contribution >= 0.6 is 0 Å². The van der Waals surface area contributed by atoms with Crippen LogP contribution in [0.5, 0.6) is 0 Å².